The van der Waals surface area contributed by atoms with Gasteiger partial charge in [0.05, 0.1) is 20.6 Å². The summed E-state index contributed by atoms with van der Waals surface area (Å²) in [7, 11) is -4.19. The van der Waals surface area contributed by atoms with Crippen molar-refractivity contribution in [3.8, 4) is 0 Å². The van der Waals surface area contributed by atoms with Crippen molar-refractivity contribution in [3.63, 3.8) is 0 Å². The molecule has 2 amide bonds. The molecule has 0 spiro atoms. The van der Waals surface area contributed by atoms with E-state index in [2.05, 4.69) is 5.32 Å². The lowest BCUT2D eigenvalue weighted by Crippen LogP contribution is -2.52. The normalized spacial score (nSPS) is 12.9. The fraction of sp³-hybridized carbons (Fsp3) is 0.310. The van der Waals surface area contributed by atoms with E-state index in [4.69, 9.17) is 34.8 Å². The van der Waals surface area contributed by atoms with Gasteiger partial charge >= 0.3 is 0 Å². The minimum Gasteiger partial charge on any atom is -0.352 e. The highest BCUT2D eigenvalue weighted by molar-refractivity contribution is 7.92. The number of hydrogen-bond donors (Lipinski definition) is 1. The molecule has 1 N–H and O–H groups in total. The van der Waals surface area contributed by atoms with Crippen LogP contribution < -0.4 is 9.62 Å². The smallest absolute Gasteiger partial charge is 0.264 e. The molecule has 0 fully saturated rings. The van der Waals surface area contributed by atoms with E-state index in [1.807, 2.05) is 13.8 Å². The maximum absolute atomic E-state index is 14.0. The second-order valence-corrected chi connectivity index (χ2v) is 12.6. The van der Waals surface area contributed by atoms with Crippen molar-refractivity contribution in [3.05, 3.63) is 92.9 Å². The number of aryl methyl sites for hydroxylation is 1. The largest absolute Gasteiger partial charge is 0.352 e. The van der Waals surface area contributed by atoms with E-state index < -0.39 is 28.5 Å². The number of carbonyl (C=O) groups is 2. The molecule has 0 heterocycles. The molecule has 0 aromatic heterocycles. The summed E-state index contributed by atoms with van der Waals surface area (Å²) in [5.41, 5.74) is 1.64. The fourth-order valence-corrected chi connectivity index (χ4v) is 5.90. The predicted octanol–water partition coefficient (Wildman–Crippen LogP) is 6.48. The van der Waals surface area contributed by atoms with Crippen molar-refractivity contribution >= 4 is 62.3 Å². The molecule has 40 heavy (non-hydrogen) atoms. The summed E-state index contributed by atoms with van der Waals surface area (Å²) in [4.78, 5) is 28.4. The van der Waals surface area contributed by atoms with Gasteiger partial charge in [-0.3, -0.25) is 13.9 Å². The summed E-state index contributed by atoms with van der Waals surface area (Å²) in [6.07, 6.45) is 0.708. The van der Waals surface area contributed by atoms with Gasteiger partial charge in [0.1, 0.15) is 12.6 Å². The molecule has 0 saturated carbocycles. The Labute approximate surface area is 251 Å². The van der Waals surface area contributed by atoms with Gasteiger partial charge in [-0.05, 0) is 80.8 Å². The molecule has 0 aliphatic heterocycles. The third-order valence-corrected chi connectivity index (χ3v) is 9.33. The Balaban J connectivity index is 2.05. The first-order valence-electron chi connectivity index (χ1n) is 12.7. The van der Waals surface area contributed by atoms with Crippen LogP contribution in [0.3, 0.4) is 0 Å². The van der Waals surface area contributed by atoms with E-state index in [-0.39, 0.29) is 23.4 Å². The Kier molecular flexibility index (Phi) is 10.9. The number of nitrogens with one attached hydrogen (secondary N) is 1. The monoisotopic (exact) mass is 623 g/mol. The minimum atomic E-state index is -4.19. The number of carbonyl (C=O) groups excluding carboxylic acids is 2. The van der Waals surface area contributed by atoms with E-state index in [1.165, 1.54) is 29.2 Å². The molecule has 0 saturated heterocycles. The van der Waals surface area contributed by atoms with Crippen LogP contribution >= 0.6 is 34.8 Å². The number of benzene rings is 3. The van der Waals surface area contributed by atoms with Crippen molar-refractivity contribution in [1.82, 2.24) is 10.2 Å². The van der Waals surface area contributed by atoms with E-state index in [0.29, 0.717) is 38.3 Å². The summed E-state index contributed by atoms with van der Waals surface area (Å²) in [5.74, 6) is -0.926. The quantitative estimate of drug-likeness (QED) is 0.265. The zero-order chi connectivity index (χ0) is 29.6. The Bertz CT molecular complexity index is 1470. The third kappa shape index (κ3) is 7.69. The van der Waals surface area contributed by atoms with Crippen molar-refractivity contribution in [2.24, 2.45) is 0 Å². The second-order valence-electron chi connectivity index (χ2n) is 9.52. The summed E-state index contributed by atoms with van der Waals surface area (Å²) >= 11 is 18.3. The minimum absolute atomic E-state index is 0.00736. The van der Waals surface area contributed by atoms with Crippen LogP contribution in [0.2, 0.25) is 15.1 Å². The Morgan fingerprint density at radius 3 is 2.17 bits per heavy atom. The van der Waals surface area contributed by atoms with Crippen molar-refractivity contribution in [2.45, 2.75) is 57.6 Å². The van der Waals surface area contributed by atoms with Crippen LogP contribution in [0.1, 0.15) is 38.3 Å². The molecule has 3 aromatic carbocycles. The van der Waals surface area contributed by atoms with E-state index in [9.17, 15) is 18.0 Å². The van der Waals surface area contributed by atoms with Gasteiger partial charge in [0, 0.05) is 17.6 Å². The highest BCUT2D eigenvalue weighted by Crippen LogP contribution is 2.28. The standard InChI is InChI=1S/C29H32Cl3N3O4S/c1-5-20(3)33-29(37)21(4)34(17-22-10-15-25(31)26(32)16-22)28(36)18-35(27-9-7-6-8-19(27)2)40(38,39)24-13-11-23(30)12-14-24/h6-16,20-21H,5,17-18H2,1-4H3,(H,33,37)/t20-,21+/m1/s1. The van der Waals surface area contributed by atoms with Gasteiger partial charge in [0.2, 0.25) is 11.8 Å². The molecule has 3 aromatic rings. The fourth-order valence-electron chi connectivity index (χ4n) is 3.97. The van der Waals surface area contributed by atoms with Crippen LogP contribution in [-0.2, 0) is 26.2 Å². The van der Waals surface area contributed by atoms with E-state index in [0.717, 1.165) is 4.31 Å². The highest BCUT2D eigenvalue weighted by Gasteiger charge is 2.33. The number of nitrogens with zero attached hydrogens (tertiary/aromatic N) is 2. The average Bonchev–Trinajstić information content (AvgIpc) is 2.92. The third-order valence-electron chi connectivity index (χ3n) is 6.57. The number of amides is 2. The number of rotatable bonds is 11. The van der Waals surface area contributed by atoms with E-state index >= 15 is 0 Å². The number of halogens is 3. The molecule has 0 unspecified atom stereocenters. The van der Waals surface area contributed by atoms with Gasteiger partial charge in [-0.25, -0.2) is 8.42 Å². The van der Waals surface area contributed by atoms with E-state index in [1.54, 1.807) is 56.3 Å². The highest BCUT2D eigenvalue weighted by atomic mass is 35.5. The molecular weight excluding hydrogens is 593 g/mol. The van der Waals surface area contributed by atoms with Crippen LogP contribution in [0.25, 0.3) is 0 Å². The van der Waals surface area contributed by atoms with Crippen LogP contribution in [0.5, 0.6) is 0 Å². The molecule has 214 valence electrons. The number of anilines is 1. The average molecular weight is 625 g/mol. The lowest BCUT2D eigenvalue weighted by molar-refractivity contribution is -0.139. The predicted molar refractivity (Wildman–Crippen MR) is 162 cm³/mol. The lowest BCUT2D eigenvalue weighted by atomic mass is 10.1. The van der Waals surface area contributed by atoms with Gasteiger partial charge in [0.15, 0.2) is 0 Å². The summed E-state index contributed by atoms with van der Waals surface area (Å²) in [5, 5.41) is 3.94. The first kappa shape index (κ1) is 31.7. The maximum atomic E-state index is 14.0. The number of sulfonamides is 1. The number of hydrogen-bond acceptors (Lipinski definition) is 4. The van der Waals surface area contributed by atoms with Crippen molar-refractivity contribution < 1.29 is 18.0 Å². The first-order chi connectivity index (χ1) is 18.8. The molecule has 11 heteroatoms. The van der Waals surface area contributed by atoms with Gasteiger partial charge < -0.3 is 10.2 Å². The van der Waals surface area contributed by atoms with Crippen molar-refractivity contribution in [1.29, 1.82) is 0 Å². The maximum Gasteiger partial charge on any atom is 0.264 e. The van der Waals surface area contributed by atoms with Gasteiger partial charge in [-0.1, -0.05) is 66.0 Å². The number of para-hydroxylation sites is 1. The Morgan fingerprint density at radius 1 is 0.925 bits per heavy atom. The van der Waals surface area contributed by atoms with Crippen LogP contribution in [0.4, 0.5) is 5.69 Å². The zero-order valence-electron chi connectivity index (χ0n) is 22.7. The van der Waals surface area contributed by atoms with Crippen LogP contribution in [0, 0.1) is 6.92 Å². The SMILES string of the molecule is CC[C@@H](C)NC(=O)[C@H](C)N(Cc1ccc(Cl)c(Cl)c1)C(=O)CN(c1ccccc1C)S(=O)(=O)c1ccc(Cl)cc1. The summed E-state index contributed by atoms with van der Waals surface area (Å²) in [6, 6.07) is 16.5. The molecular formula is C29H32Cl3N3O4S. The lowest BCUT2D eigenvalue weighted by Gasteiger charge is -2.33. The Hall–Kier alpha value is -2.78. The molecule has 0 aliphatic carbocycles. The molecule has 7 nitrogen and oxygen atoms in total. The molecule has 0 bridgehead atoms. The van der Waals surface area contributed by atoms with Crippen LogP contribution in [-0.4, -0.2) is 43.8 Å². The molecule has 0 radical (unpaired) electrons. The zero-order valence-corrected chi connectivity index (χ0v) is 25.8. The molecule has 0 aliphatic rings. The van der Waals surface area contributed by atoms with Crippen LogP contribution in [0.15, 0.2) is 71.6 Å². The van der Waals surface area contributed by atoms with Gasteiger partial charge in [-0.15, -0.1) is 0 Å². The van der Waals surface area contributed by atoms with Crippen molar-refractivity contribution in [2.75, 3.05) is 10.8 Å². The van der Waals surface area contributed by atoms with Gasteiger partial charge in [0.25, 0.3) is 10.0 Å². The van der Waals surface area contributed by atoms with Gasteiger partial charge in [-0.2, -0.15) is 0 Å². The second kappa shape index (κ2) is 13.7. The first-order valence-corrected chi connectivity index (χ1v) is 15.3. The topological polar surface area (TPSA) is 86.8 Å². The summed E-state index contributed by atoms with van der Waals surface area (Å²) in [6.45, 7) is 6.65. The molecule has 2 atom stereocenters. The summed E-state index contributed by atoms with van der Waals surface area (Å²) < 4.78 is 28.8. The molecule has 3 rings (SSSR count). The Morgan fingerprint density at radius 2 is 1.57 bits per heavy atom.